The third-order valence-corrected chi connectivity index (χ3v) is 5.30. The Morgan fingerprint density at radius 2 is 1.68 bits per heavy atom. The molecule has 1 fully saturated rings. The Balaban J connectivity index is 1.42. The number of amides is 2. The molecule has 0 radical (unpaired) electrons. The smallest absolute Gasteiger partial charge is 0.253 e. The molecule has 0 spiro atoms. The van der Waals surface area contributed by atoms with Crippen molar-refractivity contribution in [2.45, 2.75) is 19.8 Å². The van der Waals surface area contributed by atoms with Gasteiger partial charge in [0.2, 0.25) is 5.91 Å². The minimum atomic E-state index is 0.0214. The van der Waals surface area contributed by atoms with Crippen LogP contribution in [0.3, 0.4) is 0 Å². The monoisotopic (exact) mass is 379 g/mol. The van der Waals surface area contributed by atoms with Gasteiger partial charge in [-0.2, -0.15) is 0 Å². The summed E-state index contributed by atoms with van der Waals surface area (Å²) in [5.74, 6) is 0.921. The summed E-state index contributed by atoms with van der Waals surface area (Å²) in [5.41, 5.74) is 2.84. The molecule has 2 aliphatic heterocycles. The molecule has 0 N–H and O–H groups in total. The van der Waals surface area contributed by atoms with Crippen molar-refractivity contribution >= 4 is 17.5 Å². The predicted molar refractivity (Wildman–Crippen MR) is 107 cm³/mol. The zero-order chi connectivity index (χ0) is 19.5. The molecule has 2 amide bonds. The van der Waals surface area contributed by atoms with E-state index < -0.39 is 0 Å². The SMILES string of the molecule is CCOc1ccc(C(=O)N2CCN(N3C(=O)CCc4ccccc43)CC2)cc1. The molecular formula is C22H25N3O3. The first-order valence-electron chi connectivity index (χ1n) is 9.85. The van der Waals surface area contributed by atoms with Gasteiger partial charge < -0.3 is 9.64 Å². The van der Waals surface area contributed by atoms with Crippen LogP contribution in [0.2, 0.25) is 0 Å². The van der Waals surface area contributed by atoms with Gasteiger partial charge in [0.05, 0.1) is 12.3 Å². The van der Waals surface area contributed by atoms with Crippen molar-refractivity contribution in [1.82, 2.24) is 9.91 Å². The number of para-hydroxylation sites is 1. The Labute approximate surface area is 165 Å². The Hall–Kier alpha value is -2.86. The third-order valence-electron chi connectivity index (χ3n) is 5.30. The second-order valence-corrected chi connectivity index (χ2v) is 7.04. The number of aryl methyl sites for hydroxylation is 1. The molecule has 0 aliphatic carbocycles. The number of nitrogens with zero attached hydrogens (tertiary/aromatic N) is 3. The molecule has 0 saturated carbocycles. The number of hydrogen-bond donors (Lipinski definition) is 0. The van der Waals surface area contributed by atoms with E-state index in [4.69, 9.17) is 4.74 Å². The van der Waals surface area contributed by atoms with Gasteiger partial charge in [0.25, 0.3) is 5.91 Å². The molecule has 4 rings (SSSR count). The molecule has 2 aromatic carbocycles. The van der Waals surface area contributed by atoms with E-state index in [-0.39, 0.29) is 11.8 Å². The summed E-state index contributed by atoms with van der Waals surface area (Å²) in [4.78, 5) is 27.2. The van der Waals surface area contributed by atoms with E-state index in [1.54, 1.807) is 0 Å². The Morgan fingerprint density at radius 3 is 2.39 bits per heavy atom. The topological polar surface area (TPSA) is 53.1 Å². The predicted octanol–water partition coefficient (Wildman–Crippen LogP) is 2.74. The molecule has 0 atom stereocenters. The van der Waals surface area contributed by atoms with Crippen LogP contribution in [0.5, 0.6) is 5.75 Å². The number of hydrazine groups is 1. The summed E-state index contributed by atoms with van der Waals surface area (Å²) in [6.45, 7) is 5.01. The fourth-order valence-corrected chi connectivity index (χ4v) is 3.86. The van der Waals surface area contributed by atoms with Crippen LogP contribution < -0.4 is 9.75 Å². The highest BCUT2D eigenvalue weighted by atomic mass is 16.5. The maximum absolute atomic E-state index is 12.8. The van der Waals surface area contributed by atoms with E-state index in [0.29, 0.717) is 44.8 Å². The lowest BCUT2D eigenvalue weighted by Crippen LogP contribution is -2.57. The van der Waals surface area contributed by atoms with Crippen molar-refractivity contribution < 1.29 is 14.3 Å². The van der Waals surface area contributed by atoms with Gasteiger partial charge in [-0.15, -0.1) is 0 Å². The van der Waals surface area contributed by atoms with Crippen LogP contribution in [0.25, 0.3) is 0 Å². The second-order valence-electron chi connectivity index (χ2n) is 7.04. The minimum Gasteiger partial charge on any atom is -0.494 e. The molecule has 0 unspecified atom stereocenters. The van der Waals surface area contributed by atoms with Crippen LogP contribution in [0.1, 0.15) is 29.3 Å². The lowest BCUT2D eigenvalue weighted by atomic mass is 10.0. The number of ether oxygens (including phenoxy) is 1. The van der Waals surface area contributed by atoms with Crippen LogP contribution in [0.15, 0.2) is 48.5 Å². The molecular weight excluding hydrogens is 354 g/mol. The van der Waals surface area contributed by atoms with Gasteiger partial charge >= 0.3 is 0 Å². The van der Waals surface area contributed by atoms with Gasteiger partial charge in [-0.25, -0.2) is 10.0 Å². The summed E-state index contributed by atoms with van der Waals surface area (Å²) in [5, 5.41) is 3.89. The summed E-state index contributed by atoms with van der Waals surface area (Å²) in [6, 6.07) is 15.3. The average Bonchev–Trinajstić information content (AvgIpc) is 2.74. The Kier molecular flexibility index (Phi) is 5.30. The molecule has 1 saturated heterocycles. The van der Waals surface area contributed by atoms with Gasteiger partial charge in [0, 0.05) is 38.2 Å². The highest BCUT2D eigenvalue weighted by Crippen LogP contribution is 2.29. The summed E-state index contributed by atoms with van der Waals surface area (Å²) < 4.78 is 5.44. The lowest BCUT2D eigenvalue weighted by molar-refractivity contribution is -0.122. The number of piperazine rings is 1. The van der Waals surface area contributed by atoms with Gasteiger partial charge in [0.15, 0.2) is 0 Å². The van der Waals surface area contributed by atoms with E-state index in [9.17, 15) is 9.59 Å². The van der Waals surface area contributed by atoms with Gasteiger partial charge in [-0.05, 0) is 49.2 Å². The lowest BCUT2D eigenvalue weighted by Gasteiger charge is -2.43. The van der Waals surface area contributed by atoms with Gasteiger partial charge in [-0.3, -0.25) is 9.59 Å². The molecule has 146 valence electrons. The summed E-state index contributed by atoms with van der Waals surface area (Å²) in [6.07, 6.45) is 1.32. The van der Waals surface area contributed by atoms with E-state index in [1.165, 1.54) is 5.56 Å². The van der Waals surface area contributed by atoms with E-state index >= 15 is 0 Å². The standard InChI is InChI=1S/C22H25N3O3/c1-2-28-19-10-7-18(8-11-19)22(27)23-13-15-24(16-14-23)25-20-6-4-3-5-17(20)9-12-21(25)26/h3-8,10-11H,2,9,12-16H2,1H3. The first kappa shape index (κ1) is 18.5. The average molecular weight is 379 g/mol. The molecule has 6 nitrogen and oxygen atoms in total. The van der Waals surface area contributed by atoms with Crippen molar-refractivity contribution in [2.75, 3.05) is 37.8 Å². The first-order chi connectivity index (χ1) is 13.7. The van der Waals surface area contributed by atoms with Crippen molar-refractivity contribution in [3.05, 3.63) is 59.7 Å². The van der Waals surface area contributed by atoms with Crippen molar-refractivity contribution in [3.63, 3.8) is 0 Å². The Morgan fingerprint density at radius 1 is 0.964 bits per heavy atom. The summed E-state index contributed by atoms with van der Waals surface area (Å²) >= 11 is 0. The highest BCUT2D eigenvalue weighted by Gasteiger charge is 2.32. The van der Waals surface area contributed by atoms with Gasteiger partial charge in [0.1, 0.15) is 5.75 Å². The fraction of sp³-hybridized carbons (Fsp3) is 0.364. The number of carbonyl (C=O) groups excluding carboxylic acids is 2. The number of fused-ring (bicyclic) bond motifs is 1. The third kappa shape index (κ3) is 3.60. The van der Waals surface area contributed by atoms with Crippen LogP contribution in [0, 0.1) is 0 Å². The molecule has 0 bridgehead atoms. The molecule has 28 heavy (non-hydrogen) atoms. The molecule has 2 heterocycles. The largest absolute Gasteiger partial charge is 0.494 e. The zero-order valence-electron chi connectivity index (χ0n) is 16.1. The molecule has 2 aromatic rings. The second kappa shape index (κ2) is 8.02. The van der Waals surface area contributed by atoms with E-state index in [0.717, 1.165) is 17.9 Å². The maximum atomic E-state index is 12.8. The van der Waals surface area contributed by atoms with Crippen molar-refractivity contribution in [3.8, 4) is 5.75 Å². The van der Waals surface area contributed by atoms with Crippen molar-refractivity contribution in [1.29, 1.82) is 0 Å². The summed E-state index contributed by atoms with van der Waals surface area (Å²) in [7, 11) is 0. The number of anilines is 1. The minimum absolute atomic E-state index is 0.0214. The highest BCUT2D eigenvalue weighted by molar-refractivity contribution is 5.96. The van der Waals surface area contributed by atoms with Crippen LogP contribution in [-0.2, 0) is 11.2 Å². The Bertz CT molecular complexity index is 858. The number of carbonyl (C=O) groups is 2. The van der Waals surface area contributed by atoms with E-state index in [1.807, 2.05) is 59.3 Å². The number of rotatable bonds is 4. The quantitative estimate of drug-likeness (QED) is 0.820. The first-order valence-corrected chi connectivity index (χ1v) is 9.85. The van der Waals surface area contributed by atoms with Crippen LogP contribution >= 0.6 is 0 Å². The van der Waals surface area contributed by atoms with Crippen LogP contribution in [-0.4, -0.2) is 54.5 Å². The van der Waals surface area contributed by atoms with Crippen LogP contribution in [0.4, 0.5) is 5.69 Å². The molecule has 6 heteroatoms. The number of hydrogen-bond acceptors (Lipinski definition) is 4. The normalized spacial score (nSPS) is 17.4. The fourth-order valence-electron chi connectivity index (χ4n) is 3.86. The van der Waals surface area contributed by atoms with Crippen molar-refractivity contribution in [2.24, 2.45) is 0 Å². The molecule has 2 aliphatic rings. The van der Waals surface area contributed by atoms with Gasteiger partial charge in [-0.1, -0.05) is 18.2 Å². The number of benzene rings is 2. The zero-order valence-corrected chi connectivity index (χ0v) is 16.1. The molecule has 0 aromatic heterocycles. The van der Waals surface area contributed by atoms with E-state index in [2.05, 4.69) is 11.1 Å². The maximum Gasteiger partial charge on any atom is 0.253 e.